The number of rotatable bonds is 6. The van der Waals surface area contributed by atoms with Crippen LogP contribution in [0.25, 0.3) is 38.5 Å². The van der Waals surface area contributed by atoms with Crippen LogP contribution in [0.1, 0.15) is 16.7 Å². The Morgan fingerprint density at radius 1 is 0.585 bits per heavy atom. The van der Waals surface area contributed by atoms with E-state index in [0.29, 0.717) is 0 Å². The average molecular weight is 526 g/mol. The van der Waals surface area contributed by atoms with Crippen LogP contribution in [0.4, 0.5) is 5.69 Å². The summed E-state index contributed by atoms with van der Waals surface area (Å²) in [6.07, 6.45) is 6.85. The van der Waals surface area contributed by atoms with Gasteiger partial charge in [-0.1, -0.05) is 121 Å². The Morgan fingerprint density at radius 3 is 2.02 bits per heavy atom. The molecule has 2 heterocycles. The molecule has 1 aliphatic rings. The number of benzene rings is 6. The van der Waals surface area contributed by atoms with Gasteiger partial charge in [-0.15, -0.1) is 0 Å². The number of nitrogens with zero attached hydrogens (tertiary/aromatic N) is 2. The van der Waals surface area contributed by atoms with Crippen LogP contribution in [-0.4, -0.2) is 14.9 Å². The van der Waals surface area contributed by atoms with Crippen molar-refractivity contribution >= 4 is 49.9 Å². The Balaban J connectivity index is 1.31. The van der Waals surface area contributed by atoms with Gasteiger partial charge < -0.3 is 4.57 Å². The third-order valence-corrected chi connectivity index (χ3v) is 8.36. The molecule has 0 fully saturated rings. The summed E-state index contributed by atoms with van der Waals surface area (Å²) in [4.78, 5) is 0. The van der Waals surface area contributed by atoms with Gasteiger partial charge in [0.15, 0.2) is 6.54 Å². The van der Waals surface area contributed by atoms with Crippen molar-refractivity contribution in [1.29, 1.82) is 0 Å². The molecular formula is C39H29N2+. The third kappa shape index (κ3) is 3.99. The first kappa shape index (κ1) is 23.7. The summed E-state index contributed by atoms with van der Waals surface area (Å²) >= 11 is 0. The summed E-state index contributed by atoms with van der Waals surface area (Å²) < 4.78 is 4.93. The van der Waals surface area contributed by atoms with Crippen LogP contribution < -0.4 is 5.35 Å². The van der Waals surface area contributed by atoms with E-state index in [0.717, 1.165) is 13.1 Å². The van der Waals surface area contributed by atoms with E-state index < -0.39 is 0 Å². The van der Waals surface area contributed by atoms with Gasteiger partial charge in [-0.2, -0.15) is 4.58 Å². The van der Waals surface area contributed by atoms with E-state index in [1.165, 1.54) is 65.9 Å². The second-order valence-corrected chi connectivity index (χ2v) is 10.8. The molecule has 41 heavy (non-hydrogen) atoms. The molecule has 0 radical (unpaired) electrons. The second kappa shape index (κ2) is 9.76. The van der Waals surface area contributed by atoms with Crippen LogP contribution in [0.2, 0.25) is 0 Å². The number of hydrogen-bond acceptors (Lipinski definition) is 0. The highest BCUT2D eigenvalue weighted by Crippen LogP contribution is 2.36. The molecule has 0 saturated heterocycles. The predicted octanol–water partition coefficient (Wildman–Crippen LogP) is 8.40. The highest BCUT2D eigenvalue weighted by molar-refractivity contribution is 6.20. The first-order valence-corrected chi connectivity index (χ1v) is 14.3. The highest BCUT2D eigenvalue weighted by atomic mass is 15.0. The summed E-state index contributed by atoms with van der Waals surface area (Å²) in [5.74, 6) is 0. The van der Waals surface area contributed by atoms with Gasteiger partial charge in [0.25, 0.3) is 0 Å². The predicted molar refractivity (Wildman–Crippen MR) is 172 cm³/mol. The maximum atomic E-state index is 2.47. The SMILES string of the molecule is C(=C\C1=[N+](Cc2ccccc2)c2cccc3cccc1c23)/C=c1\c2cccc3cccc(c32)n1Cc1ccccc1. The molecule has 6 aromatic carbocycles. The molecule has 0 N–H and O–H groups in total. The molecule has 1 aliphatic heterocycles. The number of allylic oxidation sites excluding steroid dienone is 2. The number of aromatic nitrogens is 1. The van der Waals surface area contributed by atoms with Crippen molar-refractivity contribution in [3.05, 3.63) is 168 Å². The van der Waals surface area contributed by atoms with Gasteiger partial charge in [-0.3, -0.25) is 0 Å². The molecule has 1 aromatic heterocycles. The molecule has 2 heteroatoms. The van der Waals surface area contributed by atoms with E-state index >= 15 is 0 Å². The Morgan fingerprint density at radius 2 is 1.24 bits per heavy atom. The van der Waals surface area contributed by atoms with Gasteiger partial charge in [-0.25, -0.2) is 0 Å². The average Bonchev–Trinajstić information content (AvgIpc) is 3.49. The molecule has 0 unspecified atom stereocenters. The van der Waals surface area contributed by atoms with Crippen molar-refractivity contribution < 1.29 is 4.58 Å². The lowest BCUT2D eigenvalue weighted by molar-refractivity contribution is -0.452. The van der Waals surface area contributed by atoms with E-state index in [9.17, 15) is 0 Å². The van der Waals surface area contributed by atoms with Crippen molar-refractivity contribution in [3.63, 3.8) is 0 Å². The summed E-state index contributed by atoms with van der Waals surface area (Å²) in [6, 6.07) is 48.1. The lowest BCUT2D eigenvalue weighted by Crippen LogP contribution is -2.17. The van der Waals surface area contributed by atoms with Crippen LogP contribution in [0, 0.1) is 0 Å². The second-order valence-electron chi connectivity index (χ2n) is 10.8. The minimum Gasteiger partial charge on any atom is -0.336 e. The Bertz CT molecular complexity index is 2170. The molecule has 0 aliphatic carbocycles. The molecule has 7 aromatic rings. The van der Waals surface area contributed by atoms with E-state index in [1.807, 2.05) is 0 Å². The molecule has 0 amide bonds. The van der Waals surface area contributed by atoms with Crippen LogP contribution in [-0.2, 0) is 13.1 Å². The standard InChI is InChI=1S/C39H29N2/c1-3-12-28(13-4-1)26-40-34(32-20-7-16-30-18-9-24-36(40)38(30)32)22-11-23-35-33-21-8-17-31-19-10-25-37(39(31)33)41(35)27-29-14-5-2-6-15-29/h1-25H,26-27H2/q+1. The molecule has 0 saturated carbocycles. The quantitative estimate of drug-likeness (QED) is 0.193. The molecular weight excluding hydrogens is 496 g/mol. The fourth-order valence-electron chi connectivity index (χ4n) is 6.53. The molecule has 8 rings (SSSR count). The zero-order chi connectivity index (χ0) is 27.2. The zero-order valence-electron chi connectivity index (χ0n) is 22.7. The maximum Gasteiger partial charge on any atom is 0.214 e. The van der Waals surface area contributed by atoms with Gasteiger partial charge in [-0.05, 0) is 34.5 Å². The van der Waals surface area contributed by atoms with E-state index in [2.05, 4.69) is 161 Å². The first-order chi connectivity index (χ1) is 20.3. The van der Waals surface area contributed by atoms with Crippen molar-refractivity contribution in [2.75, 3.05) is 0 Å². The number of hydrogen-bond donors (Lipinski definition) is 0. The maximum absolute atomic E-state index is 2.47. The third-order valence-electron chi connectivity index (χ3n) is 8.36. The Labute approximate surface area is 239 Å². The summed E-state index contributed by atoms with van der Waals surface area (Å²) in [5.41, 5.74) is 7.68. The fourth-order valence-corrected chi connectivity index (χ4v) is 6.53. The van der Waals surface area contributed by atoms with Gasteiger partial charge in [0, 0.05) is 40.4 Å². The van der Waals surface area contributed by atoms with Crippen LogP contribution in [0.3, 0.4) is 0 Å². The van der Waals surface area contributed by atoms with E-state index in [-0.39, 0.29) is 0 Å². The summed E-state index contributed by atoms with van der Waals surface area (Å²) in [6.45, 7) is 1.66. The Kier molecular flexibility index (Phi) is 5.63. The van der Waals surface area contributed by atoms with Gasteiger partial charge in [0.2, 0.25) is 11.4 Å². The zero-order valence-corrected chi connectivity index (χ0v) is 22.7. The Hall–Kier alpha value is -5.21. The summed E-state index contributed by atoms with van der Waals surface area (Å²) in [5, 5.41) is 7.77. The van der Waals surface area contributed by atoms with Crippen LogP contribution in [0.15, 0.2) is 146 Å². The minimum absolute atomic E-state index is 0.829. The smallest absolute Gasteiger partial charge is 0.214 e. The monoisotopic (exact) mass is 525 g/mol. The first-order valence-electron chi connectivity index (χ1n) is 14.3. The largest absolute Gasteiger partial charge is 0.336 e. The summed E-state index contributed by atoms with van der Waals surface area (Å²) in [7, 11) is 0. The van der Waals surface area contributed by atoms with Crippen LogP contribution >= 0.6 is 0 Å². The molecule has 0 atom stereocenters. The van der Waals surface area contributed by atoms with E-state index in [4.69, 9.17) is 0 Å². The normalized spacial score (nSPS) is 13.5. The van der Waals surface area contributed by atoms with Crippen LogP contribution in [0.5, 0.6) is 0 Å². The lowest BCUT2D eigenvalue weighted by Gasteiger charge is -2.07. The van der Waals surface area contributed by atoms with Crippen molar-refractivity contribution in [2.24, 2.45) is 0 Å². The highest BCUT2D eigenvalue weighted by Gasteiger charge is 2.30. The lowest BCUT2D eigenvalue weighted by atomic mass is 10.0. The van der Waals surface area contributed by atoms with Crippen molar-refractivity contribution in [1.82, 2.24) is 4.57 Å². The molecule has 0 spiro atoms. The van der Waals surface area contributed by atoms with Gasteiger partial charge in [0.1, 0.15) is 0 Å². The molecule has 2 nitrogen and oxygen atoms in total. The molecule has 0 bridgehead atoms. The van der Waals surface area contributed by atoms with Crippen molar-refractivity contribution in [3.8, 4) is 0 Å². The van der Waals surface area contributed by atoms with Gasteiger partial charge in [0.05, 0.1) is 16.5 Å². The fraction of sp³-hybridized carbons (Fsp3) is 0.0513. The molecule has 194 valence electrons. The van der Waals surface area contributed by atoms with Gasteiger partial charge >= 0.3 is 0 Å². The van der Waals surface area contributed by atoms with Crippen molar-refractivity contribution in [2.45, 2.75) is 13.1 Å². The van der Waals surface area contributed by atoms with E-state index in [1.54, 1.807) is 0 Å². The topological polar surface area (TPSA) is 7.94 Å². The minimum atomic E-state index is 0.829.